The third-order valence-electron chi connectivity index (χ3n) is 6.16. The Bertz CT molecular complexity index is 1540. The van der Waals surface area contributed by atoms with Gasteiger partial charge in [0.15, 0.2) is 0 Å². The fourth-order valence-electron chi connectivity index (χ4n) is 4.14. The average molecular weight is 502 g/mol. The number of pyridine rings is 2. The standard InChI is InChI=1S/C32H27N3O3/c36-21-31(25-6-2-1-3-7-25)35-32(37)29(20-23-16-18-33-19-17-23)24-11-14-28(15-12-24)38-22-27-13-10-26-8-4-5-9-30(26)34-27/h1-20,31,36H,21-22H2,(H,35,37). The molecule has 0 bridgehead atoms. The number of aliphatic hydroxyl groups excluding tert-OH is 1. The van der Waals surface area contributed by atoms with Crippen molar-refractivity contribution in [1.82, 2.24) is 15.3 Å². The summed E-state index contributed by atoms with van der Waals surface area (Å²) in [6.07, 6.45) is 5.17. The second kappa shape index (κ2) is 12.0. The summed E-state index contributed by atoms with van der Waals surface area (Å²) in [4.78, 5) is 22.2. The van der Waals surface area contributed by atoms with Crippen LogP contribution in [-0.2, 0) is 11.4 Å². The SMILES string of the molecule is O=C(NC(CO)c1ccccc1)C(=Cc1ccncc1)c1ccc(OCc2ccc3ccccc3n2)cc1. The molecule has 0 aliphatic rings. The number of aromatic nitrogens is 2. The molecule has 2 aromatic heterocycles. The molecule has 6 heteroatoms. The molecule has 5 rings (SSSR count). The number of carbonyl (C=O) groups is 1. The van der Waals surface area contributed by atoms with Crippen LogP contribution in [0, 0.1) is 0 Å². The Morgan fingerprint density at radius 1 is 0.868 bits per heavy atom. The van der Waals surface area contributed by atoms with E-state index in [2.05, 4.69) is 15.3 Å². The highest BCUT2D eigenvalue weighted by Gasteiger charge is 2.18. The summed E-state index contributed by atoms with van der Waals surface area (Å²) < 4.78 is 5.97. The molecule has 38 heavy (non-hydrogen) atoms. The summed E-state index contributed by atoms with van der Waals surface area (Å²) in [5.41, 5.74) is 4.62. The van der Waals surface area contributed by atoms with Crippen molar-refractivity contribution in [2.45, 2.75) is 12.6 Å². The van der Waals surface area contributed by atoms with E-state index in [1.807, 2.05) is 109 Å². The number of ether oxygens (including phenoxy) is 1. The zero-order valence-corrected chi connectivity index (χ0v) is 20.7. The Hall–Kier alpha value is -4.81. The van der Waals surface area contributed by atoms with Crippen molar-refractivity contribution in [3.8, 4) is 5.75 Å². The molecule has 1 atom stereocenters. The third-order valence-corrected chi connectivity index (χ3v) is 6.16. The fraction of sp³-hybridized carbons (Fsp3) is 0.0938. The van der Waals surface area contributed by atoms with E-state index in [1.165, 1.54) is 0 Å². The molecule has 6 nitrogen and oxygen atoms in total. The van der Waals surface area contributed by atoms with Crippen LogP contribution in [0.15, 0.2) is 116 Å². The molecule has 5 aromatic rings. The first-order chi connectivity index (χ1) is 18.7. The first-order valence-corrected chi connectivity index (χ1v) is 12.4. The van der Waals surface area contributed by atoms with Gasteiger partial charge in [-0.1, -0.05) is 66.7 Å². The molecule has 0 radical (unpaired) electrons. The van der Waals surface area contributed by atoms with Crippen LogP contribution in [0.4, 0.5) is 0 Å². The summed E-state index contributed by atoms with van der Waals surface area (Å²) in [5, 5.41) is 14.0. The summed E-state index contributed by atoms with van der Waals surface area (Å²) in [6.45, 7) is 0.119. The maximum absolute atomic E-state index is 13.4. The van der Waals surface area contributed by atoms with E-state index in [0.717, 1.165) is 33.3 Å². The van der Waals surface area contributed by atoms with E-state index < -0.39 is 6.04 Å². The Morgan fingerprint density at radius 2 is 1.61 bits per heavy atom. The van der Waals surface area contributed by atoms with Crippen LogP contribution in [-0.4, -0.2) is 27.6 Å². The van der Waals surface area contributed by atoms with Gasteiger partial charge in [0.05, 0.1) is 23.9 Å². The Balaban J connectivity index is 1.35. The zero-order valence-electron chi connectivity index (χ0n) is 20.7. The molecule has 0 aliphatic carbocycles. The molecule has 1 unspecified atom stereocenters. The second-order valence-electron chi connectivity index (χ2n) is 8.77. The Morgan fingerprint density at radius 3 is 2.37 bits per heavy atom. The molecule has 188 valence electrons. The first kappa shape index (κ1) is 24.9. The van der Waals surface area contributed by atoms with Crippen LogP contribution < -0.4 is 10.1 Å². The lowest BCUT2D eigenvalue weighted by molar-refractivity contribution is -0.116. The first-order valence-electron chi connectivity index (χ1n) is 12.4. The van der Waals surface area contributed by atoms with E-state index in [-0.39, 0.29) is 12.5 Å². The molecule has 2 heterocycles. The number of hydrogen-bond donors (Lipinski definition) is 2. The molecule has 0 fully saturated rings. The van der Waals surface area contributed by atoms with Crippen LogP contribution in [0.1, 0.15) is 28.4 Å². The minimum atomic E-state index is -0.526. The van der Waals surface area contributed by atoms with Gasteiger partial charge < -0.3 is 15.2 Å². The number of rotatable bonds is 9. The number of amides is 1. The highest BCUT2D eigenvalue weighted by Crippen LogP contribution is 2.24. The van der Waals surface area contributed by atoms with Gasteiger partial charge in [-0.05, 0) is 59.2 Å². The highest BCUT2D eigenvalue weighted by molar-refractivity contribution is 6.24. The minimum absolute atomic E-state index is 0.214. The van der Waals surface area contributed by atoms with Gasteiger partial charge in [-0.15, -0.1) is 0 Å². The van der Waals surface area contributed by atoms with Crippen LogP contribution in [0.3, 0.4) is 0 Å². The van der Waals surface area contributed by atoms with Crippen LogP contribution in [0.25, 0.3) is 22.6 Å². The molecule has 1 amide bonds. The maximum Gasteiger partial charge on any atom is 0.252 e. The van der Waals surface area contributed by atoms with Crippen molar-refractivity contribution < 1.29 is 14.6 Å². The molecule has 0 saturated heterocycles. The Kier molecular flexibility index (Phi) is 7.82. The lowest BCUT2D eigenvalue weighted by Gasteiger charge is -2.18. The van der Waals surface area contributed by atoms with E-state index in [0.29, 0.717) is 17.9 Å². The van der Waals surface area contributed by atoms with E-state index in [4.69, 9.17) is 4.74 Å². The number of nitrogens with one attached hydrogen (secondary N) is 1. The highest BCUT2D eigenvalue weighted by atomic mass is 16.5. The molecule has 0 saturated carbocycles. The van der Waals surface area contributed by atoms with Gasteiger partial charge in [0.1, 0.15) is 12.4 Å². The smallest absolute Gasteiger partial charge is 0.252 e. The van der Waals surface area contributed by atoms with Crippen molar-refractivity contribution in [2.75, 3.05) is 6.61 Å². The predicted octanol–water partition coefficient (Wildman–Crippen LogP) is 5.60. The molecule has 2 N–H and O–H groups in total. The maximum atomic E-state index is 13.4. The molecule has 0 aliphatic heterocycles. The van der Waals surface area contributed by atoms with Crippen LogP contribution in [0.5, 0.6) is 5.75 Å². The molecule has 3 aromatic carbocycles. The van der Waals surface area contributed by atoms with Gasteiger partial charge in [0, 0.05) is 23.4 Å². The zero-order chi connectivity index (χ0) is 26.2. The lowest BCUT2D eigenvalue weighted by Crippen LogP contribution is -2.31. The molecular weight excluding hydrogens is 474 g/mol. The number of para-hydroxylation sites is 1. The van der Waals surface area contributed by atoms with Gasteiger partial charge in [-0.3, -0.25) is 9.78 Å². The van der Waals surface area contributed by atoms with Crippen molar-refractivity contribution in [3.63, 3.8) is 0 Å². The molecular formula is C32H27N3O3. The van der Waals surface area contributed by atoms with E-state index in [9.17, 15) is 9.90 Å². The van der Waals surface area contributed by atoms with Gasteiger partial charge in [0.25, 0.3) is 5.91 Å². The van der Waals surface area contributed by atoms with Crippen molar-refractivity contribution in [2.24, 2.45) is 0 Å². The quantitative estimate of drug-likeness (QED) is 0.257. The number of benzene rings is 3. The normalized spacial score (nSPS) is 12.2. The fourth-order valence-corrected chi connectivity index (χ4v) is 4.14. The van der Waals surface area contributed by atoms with Crippen LogP contribution in [0.2, 0.25) is 0 Å². The van der Waals surface area contributed by atoms with Gasteiger partial charge in [-0.25, -0.2) is 4.98 Å². The topological polar surface area (TPSA) is 84.3 Å². The minimum Gasteiger partial charge on any atom is -0.487 e. The molecule has 0 spiro atoms. The predicted molar refractivity (Wildman–Crippen MR) is 149 cm³/mol. The number of carbonyl (C=O) groups excluding carboxylic acids is 1. The summed E-state index contributed by atoms with van der Waals surface area (Å²) in [6, 6.07) is 31.9. The monoisotopic (exact) mass is 501 g/mol. The third kappa shape index (κ3) is 6.11. The number of nitrogens with zero attached hydrogens (tertiary/aromatic N) is 2. The van der Waals surface area contributed by atoms with Crippen molar-refractivity contribution in [1.29, 1.82) is 0 Å². The van der Waals surface area contributed by atoms with Crippen molar-refractivity contribution in [3.05, 3.63) is 138 Å². The number of fused-ring (bicyclic) bond motifs is 1. The van der Waals surface area contributed by atoms with Gasteiger partial charge in [-0.2, -0.15) is 0 Å². The average Bonchev–Trinajstić information content (AvgIpc) is 2.98. The van der Waals surface area contributed by atoms with E-state index >= 15 is 0 Å². The lowest BCUT2D eigenvalue weighted by atomic mass is 10.0. The van der Waals surface area contributed by atoms with Crippen LogP contribution >= 0.6 is 0 Å². The Labute approximate surface area is 221 Å². The van der Waals surface area contributed by atoms with Gasteiger partial charge in [0.2, 0.25) is 0 Å². The largest absolute Gasteiger partial charge is 0.487 e. The number of hydrogen-bond acceptors (Lipinski definition) is 5. The summed E-state index contributed by atoms with van der Waals surface area (Å²) >= 11 is 0. The number of aliphatic hydroxyl groups is 1. The second-order valence-corrected chi connectivity index (χ2v) is 8.77. The van der Waals surface area contributed by atoms with Gasteiger partial charge >= 0.3 is 0 Å². The summed E-state index contributed by atoms with van der Waals surface area (Å²) in [5.74, 6) is 0.378. The van der Waals surface area contributed by atoms with E-state index in [1.54, 1.807) is 12.4 Å². The summed E-state index contributed by atoms with van der Waals surface area (Å²) in [7, 11) is 0. The van der Waals surface area contributed by atoms with Crippen molar-refractivity contribution >= 4 is 28.5 Å².